The molecule has 6 nitrogen and oxygen atoms in total. The van der Waals surface area contributed by atoms with Crippen LogP contribution in [-0.4, -0.2) is 22.4 Å². The molecule has 0 atom stereocenters. The van der Waals surface area contributed by atoms with Gasteiger partial charge < -0.3 is 0 Å². The lowest BCUT2D eigenvalue weighted by Crippen LogP contribution is -2.40. The maximum atomic E-state index is 12.4. The molecule has 2 aromatic carbocycles. The van der Waals surface area contributed by atoms with Crippen molar-refractivity contribution in [1.29, 1.82) is 0 Å². The van der Waals surface area contributed by atoms with E-state index in [-0.39, 0.29) is 15.5 Å². The van der Waals surface area contributed by atoms with Gasteiger partial charge in [0.1, 0.15) is 0 Å². The summed E-state index contributed by atoms with van der Waals surface area (Å²) in [5.41, 5.74) is -0.510. The van der Waals surface area contributed by atoms with E-state index in [0.717, 1.165) is 0 Å². The highest BCUT2D eigenvalue weighted by Crippen LogP contribution is 2.21. The normalized spacial score (nSPS) is 12.8. The zero-order chi connectivity index (χ0) is 18.9. The van der Waals surface area contributed by atoms with Crippen molar-refractivity contribution in [2.45, 2.75) is 36.1 Å². The van der Waals surface area contributed by atoms with Gasteiger partial charge in [-0.2, -0.15) is 0 Å². The molecule has 25 heavy (non-hydrogen) atoms. The summed E-state index contributed by atoms with van der Waals surface area (Å²) in [5.74, 6) is 0. The zero-order valence-corrected chi connectivity index (χ0v) is 16.3. The van der Waals surface area contributed by atoms with Crippen LogP contribution in [0.5, 0.6) is 0 Å². The monoisotopic (exact) mass is 402 g/mol. The van der Waals surface area contributed by atoms with Crippen molar-refractivity contribution < 1.29 is 16.8 Å². The lowest BCUT2D eigenvalue weighted by molar-refractivity contribution is 0.491. The van der Waals surface area contributed by atoms with Gasteiger partial charge in [-0.3, -0.25) is 4.72 Å². The molecule has 0 aromatic heterocycles. The van der Waals surface area contributed by atoms with E-state index in [2.05, 4.69) is 9.44 Å². The summed E-state index contributed by atoms with van der Waals surface area (Å²) in [6.07, 6.45) is 0. The third-order valence-corrected chi connectivity index (χ3v) is 6.37. The largest absolute Gasteiger partial charge is 0.280 e. The van der Waals surface area contributed by atoms with Gasteiger partial charge in [0, 0.05) is 10.6 Å². The number of hydrogen-bond donors (Lipinski definition) is 2. The van der Waals surface area contributed by atoms with Crippen LogP contribution < -0.4 is 9.44 Å². The van der Waals surface area contributed by atoms with Gasteiger partial charge in [0.05, 0.1) is 15.5 Å². The smallest absolute Gasteiger partial charge is 0.261 e. The molecule has 0 saturated heterocycles. The summed E-state index contributed by atoms with van der Waals surface area (Å²) in [4.78, 5) is -0.00305. The van der Waals surface area contributed by atoms with E-state index in [1.165, 1.54) is 48.5 Å². The fraction of sp³-hybridized carbons (Fsp3) is 0.250. The Bertz CT molecular complexity index is 964. The Morgan fingerprint density at radius 1 is 0.840 bits per heavy atom. The number of rotatable bonds is 5. The Morgan fingerprint density at radius 2 is 1.44 bits per heavy atom. The first-order valence-corrected chi connectivity index (χ1v) is 10.7. The molecule has 0 heterocycles. The van der Waals surface area contributed by atoms with Crippen molar-refractivity contribution in [3.8, 4) is 0 Å². The Morgan fingerprint density at radius 3 is 2.00 bits per heavy atom. The first-order chi connectivity index (χ1) is 11.4. The molecule has 2 rings (SSSR count). The second-order valence-corrected chi connectivity index (χ2v) is 10.2. The van der Waals surface area contributed by atoms with Crippen LogP contribution in [0.4, 0.5) is 5.69 Å². The summed E-state index contributed by atoms with van der Waals surface area (Å²) in [7, 11) is -7.62. The predicted molar refractivity (Wildman–Crippen MR) is 98.8 cm³/mol. The van der Waals surface area contributed by atoms with Crippen molar-refractivity contribution in [3.63, 3.8) is 0 Å². The lowest BCUT2D eigenvalue weighted by Gasteiger charge is -2.20. The van der Waals surface area contributed by atoms with Crippen LogP contribution in [0, 0.1) is 0 Å². The highest BCUT2D eigenvalue weighted by atomic mass is 35.5. The van der Waals surface area contributed by atoms with Gasteiger partial charge in [0.25, 0.3) is 10.0 Å². The summed E-state index contributed by atoms with van der Waals surface area (Å²) >= 11 is 5.76. The molecule has 0 aliphatic heterocycles. The molecule has 0 unspecified atom stereocenters. The van der Waals surface area contributed by atoms with E-state index < -0.39 is 25.6 Å². The van der Waals surface area contributed by atoms with Gasteiger partial charge in [0.2, 0.25) is 10.0 Å². The SMILES string of the molecule is CC(C)(C)NS(=O)(=O)c1cccc(NS(=O)(=O)c2ccc(Cl)cc2)c1. The Balaban J connectivity index is 2.32. The maximum absolute atomic E-state index is 12.4. The van der Waals surface area contributed by atoms with Crippen LogP contribution in [0.25, 0.3) is 0 Å². The minimum Gasteiger partial charge on any atom is -0.280 e. The molecule has 2 aromatic rings. The zero-order valence-electron chi connectivity index (χ0n) is 13.9. The van der Waals surface area contributed by atoms with E-state index in [0.29, 0.717) is 5.02 Å². The van der Waals surface area contributed by atoms with Crippen LogP contribution in [0.3, 0.4) is 0 Å². The highest BCUT2D eigenvalue weighted by Gasteiger charge is 2.23. The molecule has 0 radical (unpaired) electrons. The fourth-order valence-corrected chi connectivity index (χ4v) is 4.66. The van der Waals surface area contributed by atoms with Crippen LogP contribution >= 0.6 is 11.6 Å². The van der Waals surface area contributed by atoms with Gasteiger partial charge in [-0.15, -0.1) is 0 Å². The second kappa shape index (κ2) is 6.95. The van der Waals surface area contributed by atoms with Crippen molar-refractivity contribution in [1.82, 2.24) is 4.72 Å². The number of halogens is 1. The molecular formula is C16H19ClN2O4S2. The second-order valence-electron chi connectivity index (χ2n) is 6.44. The van der Waals surface area contributed by atoms with Crippen LogP contribution in [0.1, 0.15) is 20.8 Å². The van der Waals surface area contributed by atoms with Crippen molar-refractivity contribution in [3.05, 3.63) is 53.6 Å². The fourth-order valence-electron chi connectivity index (χ4n) is 2.02. The highest BCUT2D eigenvalue weighted by molar-refractivity contribution is 7.92. The molecule has 0 aliphatic rings. The Hall–Kier alpha value is -1.61. The van der Waals surface area contributed by atoms with Crippen LogP contribution in [-0.2, 0) is 20.0 Å². The third kappa shape index (κ3) is 5.43. The topological polar surface area (TPSA) is 92.3 Å². The van der Waals surface area contributed by atoms with Gasteiger partial charge in [-0.1, -0.05) is 17.7 Å². The van der Waals surface area contributed by atoms with E-state index in [4.69, 9.17) is 11.6 Å². The molecule has 136 valence electrons. The molecule has 0 fully saturated rings. The van der Waals surface area contributed by atoms with E-state index >= 15 is 0 Å². The predicted octanol–water partition coefficient (Wildman–Crippen LogP) is 3.22. The minimum absolute atomic E-state index is 0.0259. The van der Waals surface area contributed by atoms with Crippen molar-refractivity contribution in [2.75, 3.05) is 4.72 Å². The van der Waals surface area contributed by atoms with Crippen molar-refractivity contribution >= 4 is 37.3 Å². The molecule has 0 saturated carbocycles. The number of nitrogens with one attached hydrogen (secondary N) is 2. The van der Waals surface area contributed by atoms with E-state index in [9.17, 15) is 16.8 Å². The molecule has 0 amide bonds. The Labute approximate surface area is 153 Å². The summed E-state index contributed by atoms with van der Waals surface area (Å²) in [6, 6.07) is 11.3. The van der Waals surface area contributed by atoms with Gasteiger partial charge in [-0.25, -0.2) is 21.6 Å². The number of hydrogen-bond acceptors (Lipinski definition) is 4. The van der Waals surface area contributed by atoms with E-state index in [1.807, 2.05) is 0 Å². The molecule has 0 spiro atoms. The van der Waals surface area contributed by atoms with E-state index in [1.54, 1.807) is 20.8 Å². The van der Waals surface area contributed by atoms with Gasteiger partial charge in [-0.05, 0) is 63.2 Å². The summed E-state index contributed by atoms with van der Waals surface area (Å²) < 4.78 is 54.4. The third-order valence-electron chi connectivity index (χ3n) is 2.96. The first-order valence-electron chi connectivity index (χ1n) is 7.31. The molecule has 2 N–H and O–H groups in total. The van der Waals surface area contributed by atoms with Gasteiger partial charge >= 0.3 is 0 Å². The maximum Gasteiger partial charge on any atom is 0.261 e. The molecule has 0 bridgehead atoms. The van der Waals surface area contributed by atoms with Crippen molar-refractivity contribution in [2.24, 2.45) is 0 Å². The first kappa shape index (κ1) is 19.7. The number of anilines is 1. The average Bonchev–Trinajstić information content (AvgIpc) is 2.45. The van der Waals surface area contributed by atoms with Crippen LogP contribution in [0.2, 0.25) is 5.02 Å². The minimum atomic E-state index is -3.85. The Kier molecular flexibility index (Phi) is 5.48. The number of sulfonamides is 2. The molecule has 0 aliphatic carbocycles. The molecular weight excluding hydrogens is 384 g/mol. The van der Waals surface area contributed by atoms with Gasteiger partial charge in [0.15, 0.2) is 0 Å². The lowest BCUT2D eigenvalue weighted by atomic mass is 10.1. The standard InChI is InChI=1S/C16H19ClN2O4S2/c1-16(2,3)19-25(22,23)15-6-4-5-13(11-15)18-24(20,21)14-9-7-12(17)8-10-14/h4-11,18-19H,1-3H3. The average molecular weight is 403 g/mol. The quantitative estimate of drug-likeness (QED) is 0.803. The summed E-state index contributed by atoms with van der Waals surface area (Å²) in [5, 5.41) is 0.417. The molecule has 9 heteroatoms. The van der Waals surface area contributed by atoms with Crippen LogP contribution in [0.15, 0.2) is 58.3 Å². The summed E-state index contributed by atoms with van der Waals surface area (Å²) in [6.45, 7) is 5.16. The number of benzene rings is 2.